The molecule has 2 N–H and O–H groups in total. The number of rotatable bonds is 5. The van der Waals surface area contributed by atoms with Gasteiger partial charge in [0.1, 0.15) is 0 Å². The Bertz CT molecular complexity index is 315. The van der Waals surface area contributed by atoms with Crippen LogP contribution < -0.4 is 5.32 Å². The first-order valence-electron chi connectivity index (χ1n) is 6.62. The summed E-state index contributed by atoms with van der Waals surface area (Å²) >= 11 is 0. The largest absolute Gasteiger partial charge is 0.478 e. The van der Waals surface area contributed by atoms with Crippen molar-refractivity contribution in [2.24, 2.45) is 0 Å². The maximum absolute atomic E-state index is 10.8. The minimum atomic E-state index is -0.789. The van der Waals surface area contributed by atoms with Gasteiger partial charge in [-0.3, -0.25) is 4.90 Å². The van der Waals surface area contributed by atoms with Crippen LogP contribution in [0.1, 0.15) is 32.6 Å². The van der Waals surface area contributed by atoms with Crippen molar-refractivity contribution in [2.75, 3.05) is 19.6 Å². The molecule has 2 unspecified atom stereocenters. The molecular weight excluding hydrogens is 216 g/mol. The molecule has 17 heavy (non-hydrogen) atoms. The van der Waals surface area contributed by atoms with E-state index >= 15 is 0 Å². The molecule has 2 rings (SSSR count). The molecule has 0 radical (unpaired) electrons. The van der Waals surface area contributed by atoms with Crippen LogP contribution >= 0.6 is 0 Å². The predicted octanol–water partition coefficient (Wildman–Crippen LogP) is 1.23. The van der Waals surface area contributed by atoms with Crippen LogP contribution in [0.3, 0.4) is 0 Å². The quantitative estimate of drug-likeness (QED) is 0.707. The SMILES string of the molecule is CCC(=CCNC1CCN2CCCC12)C(=O)O. The number of hydrogen-bond donors (Lipinski definition) is 2. The highest BCUT2D eigenvalue weighted by molar-refractivity contribution is 5.86. The van der Waals surface area contributed by atoms with Crippen LogP contribution in [0.2, 0.25) is 0 Å². The molecule has 0 spiro atoms. The molecule has 0 saturated carbocycles. The molecule has 0 aromatic heterocycles. The van der Waals surface area contributed by atoms with E-state index < -0.39 is 5.97 Å². The Kier molecular flexibility index (Phi) is 4.18. The lowest BCUT2D eigenvalue weighted by Crippen LogP contribution is -2.39. The van der Waals surface area contributed by atoms with Crippen LogP contribution in [0.5, 0.6) is 0 Å². The molecule has 4 nitrogen and oxygen atoms in total. The van der Waals surface area contributed by atoms with Crippen molar-refractivity contribution in [1.82, 2.24) is 10.2 Å². The molecule has 0 aromatic carbocycles. The fourth-order valence-electron chi connectivity index (χ4n) is 3.04. The zero-order chi connectivity index (χ0) is 12.3. The number of fused-ring (bicyclic) bond motifs is 1. The molecule has 0 amide bonds. The summed E-state index contributed by atoms with van der Waals surface area (Å²) in [5, 5.41) is 12.4. The molecule has 4 heteroatoms. The van der Waals surface area contributed by atoms with Gasteiger partial charge in [0.2, 0.25) is 0 Å². The minimum Gasteiger partial charge on any atom is -0.478 e. The summed E-state index contributed by atoms with van der Waals surface area (Å²) in [6.07, 6.45) is 6.22. The smallest absolute Gasteiger partial charge is 0.331 e. The highest BCUT2D eigenvalue weighted by Gasteiger charge is 2.36. The molecule has 2 aliphatic rings. The van der Waals surface area contributed by atoms with Crippen LogP contribution in [0.4, 0.5) is 0 Å². The number of carboxylic acid groups (broad SMARTS) is 1. The summed E-state index contributed by atoms with van der Waals surface area (Å²) in [7, 11) is 0. The molecule has 0 bridgehead atoms. The van der Waals surface area contributed by atoms with E-state index in [0.717, 1.165) is 0 Å². The maximum atomic E-state index is 10.8. The Balaban J connectivity index is 1.80. The summed E-state index contributed by atoms with van der Waals surface area (Å²) in [4.78, 5) is 13.4. The number of carboxylic acids is 1. The van der Waals surface area contributed by atoms with Crippen molar-refractivity contribution >= 4 is 5.97 Å². The zero-order valence-corrected chi connectivity index (χ0v) is 10.5. The molecule has 2 atom stereocenters. The van der Waals surface area contributed by atoms with Gasteiger partial charge in [0.15, 0.2) is 0 Å². The minimum absolute atomic E-state index is 0.513. The third-order valence-electron chi connectivity index (χ3n) is 3.99. The summed E-state index contributed by atoms with van der Waals surface area (Å²) in [6.45, 7) is 5.01. The Morgan fingerprint density at radius 1 is 1.47 bits per heavy atom. The first-order valence-corrected chi connectivity index (χ1v) is 6.62. The lowest BCUT2D eigenvalue weighted by Gasteiger charge is -2.20. The molecule has 0 aliphatic carbocycles. The van der Waals surface area contributed by atoms with Gasteiger partial charge in [-0.05, 0) is 32.2 Å². The maximum Gasteiger partial charge on any atom is 0.331 e. The van der Waals surface area contributed by atoms with Gasteiger partial charge < -0.3 is 10.4 Å². The van der Waals surface area contributed by atoms with E-state index in [4.69, 9.17) is 5.11 Å². The third-order valence-corrected chi connectivity index (χ3v) is 3.99. The first-order chi connectivity index (χ1) is 8.22. The topological polar surface area (TPSA) is 52.6 Å². The summed E-state index contributed by atoms with van der Waals surface area (Å²) in [6, 6.07) is 1.25. The molecule has 96 valence electrons. The van der Waals surface area contributed by atoms with Crippen LogP contribution in [0, 0.1) is 0 Å². The van der Waals surface area contributed by atoms with Crippen molar-refractivity contribution in [3.8, 4) is 0 Å². The highest BCUT2D eigenvalue weighted by atomic mass is 16.4. The van der Waals surface area contributed by atoms with E-state index in [2.05, 4.69) is 10.2 Å². The first kappa shape index (κ1) is 12.6. The number of nitrogens with zero attached hydrogens (tertiary/aromatic N) is 1. The van der Waals surface area contributed by atoms with E-state index in [-0.39, 0.29) is 0 Å². The van der Waals surface area contributed by atoms with E-state index in [1.165, 1.54) is 32.4 Å². The standard InChI is InChI=1S/C13H22N2O2/c1-2-10(13(16)17)5-7-14-11-6-9-15-8-3-4-12(11)15/h5,11-12,14H,2-4,6-9H2,1H3,(H,16,17). The van der Waals surface area contributed by atoms with E-state index in [1.807, 2.05) is 13.0 Å². The summed E-state index contributed by atoms with van der Waals surface area (Å²) < 4.78 is 0. The number of hydrogen-bond acceptors (Lipinski definition) is 3. The van der Waals surface area contributed by atoms with E-state index in [9.17, 15) is 4.79 Å². The Morgan fingerprint density at radius 2 is 2.29 bits per heavy atom. The number of carbonyl (C=O) groups is 1. The van der Waals surface area contributed by atoms with Gasteiger partial charge in [-0.2, -0.15) is 0 Å². The normalized spacial score (nSPS) is 29.6. The second-order valence-electron chi connectivity index (χ2n) is 4.94. The van der Waals surface area contributed by atoms with Crippen LogP contribution in [0.15, 0.2) is 11.6 Å². The predicted molar refractivity (Wildman–Crippen MR) is 67.0 cm³/mol. The molecule has 2 heterocycles. The highest BCUT2D eigenvalue weighted by Crippen LogP contribution is 2.27. The van der Waals surface area contributed by atoms with Crippen LogP contribution in [-0.4, -0.2) is 47.7 Å². The Labute approximate surface area is 103 Å². The average Bonchev–Trinajstić information content (AvgIpc) is 2.87. The lowest BCUT2D eigenvalue weighted by molar-refractivity contribution is -0.132. The molecular formula is C13H22N2O2. The fraction of sp³-hybridized carbons (Fsp3) is 0.769. The second kappa shape index (κ2) is 5.65. The van der Waals surface area contributed by atoms with E-state index in [0.29, 0.717) is 30.6 Å². The van der Waals surface area contributed by atoms with Crippen molar-refractivity contribution in [3.05, 3.63) is 11.6 Å². The monoisotopic (exact) mass is 238 g/mol. The van der Waals surface area contributed by atoms with Gasteiger partial charge in [0.25, 0.3) is 0 Å². The molecule has 0 aromatic rings. The number of nitrogens with one attached hydrogen (secondary N) is 1. The average molecular weight is 238 g/mol. The summed E-state index contributed by atoms with van der Waals surface area (Å²) in [5.41, 5.74) is 0.513. The van der Waals surface area contributed by atoms with Crippen molar-refractivity contribution in [3.63, 3.8) is 0 Å². The Hall–Kier alpha value is -0.870. The molecule has 2 saturated heterocycles. The van der Waals surface area contributed by atoms with Crippen molar-refractivity contribution < 1.29 is 9.90 Å². The van der Waals surface area contributed by atoms with Crippen LogP contribution in [0.25, 0.3) is 0 Å². The zero-order valence-electron chi connectivity index (χ0n) is 10.5. The van der Waals surface area contributed by atoms with Gasteiger partial charge in [0, 0.05) is 30.7 Å². The van der Waals surface area contributed by atoms with Crippen LogP contribution in [-0.2, 0) is 4.79 Å². The van der Waals surface area contributed by atoms with Crippen molar-refractivity contribution in [1.29, 1.82) is 0 Å². The van der Waals surface area contributed by atoms with E-state index in [1.54, 1.807) is 0 Å². The van der Waals surface area contributed by atoms with Gasteiger partial charge in [-0.1, -0.05) is 13.0 Å². The second-order valence-corrected chi connectivity index (χ2v) is 4.94. The molecule has 2 fully saturated rings. The summed E-state index contributed by atoms with van der Waals surface area (Å²) in [5.74, 6) is -0.789. The van der Waals surface area contributed by atoms with Gasteiger partial charge in [0.05, 0.1) is 0 Å². The third kappa shape index (κ3) is 2.87. The lowest BCUT2D eigenvalue weighted by atomic mass is 10.1. The van der Waals surface area contributed by atoms with Crippen molar-refractivity contribution in [2.45, 2.75) is 44.7 Å². The van der Waals surface area contributed by atoms with Gasteiger partial charge in [-0.15, -0.1) is 0 Å². The Morgan fingerprint density at radius 3 is 3.00 bits per heavy atom. The van der Waals surface area contributed by atoms with Gasteiger partial charge in [-0.25, -0.2) is 4.79 Å². The number of aliphatic carboxylic acids is 1. The molecule has 2 aliphatic heterocycles. The van der Waals surface area contributed by atoms with Gasteiger partial charge >= 0.3 is 5.97 Å². The fourth-order valence-corrected chi connectivity index (χ4v) is 3.04.